The molecule has 1 aromatic carbocycles. The van der Waals surface area contributed by atoms with Gasteiger partial charge in [-0.25, -0.2) is 0 Å². The summed E-state index contributed by atoms with van der Waals surface area (Å²) in [6.45, 7) is 1.84. The van der Waals surface area contributed by atoms with Crippen LogP contribution in [0.1, 0.15) is 43.2 Å². The van der Waals surface area contributed by atoms with Crippen molar-refractivity contribution in [1.29, 1.82) is 0 Å². The Morgan fingerprint density at radius 2 is 2.17 bits per heavy atom. The maximum atomic E-state index is 13.0. The summed E-state index contributed by atoms with van der Waals surface area (Å²) in [5.74, 6) is 0.532. The summed E-state index contributed by atoms with van der Waals surface area (Å²) in [6, 6.07) is 3.60. The number of likely N-dealkylation sites (tertiary alicyclic amines) is 1. The maximum absolute atomic E-state index is 13.0. The van der Waals surface area contributed by atoms with E-state index in [-0.39, 0.29) is 23.5 Å². The lowest BCUT2D eigenvalue weighted by atomic mass is 9.48. The second-order valence-electron chi connectivity index (χ2n) is 9.29. The number of Topliss-reactive ketones (excluding diaryl/α,β-unsaturated/α-hetero) is 1. The third-order valence-corrected chi connectivity index (χ3v) is 8.14. The molecular formula is C22H24ClNO5. The highest BCUT2D eigenvalue weighted by atomic mass is 35.5. The standard InChI is InChI=1S/C22H24ClNO5/c23-10-17(27)29-22-6-5-15(26)20-21(22)7-8-24(11-12-1-2-12)16(22)9-13-3-4-14(25)19(28-20)18(13)21/h3-4,12,16,20,25H,1-2,5-11H2/t16-,20+,21+,22-/m1/s1. The van der Waals surface area contributed by atoms with Crippen molar-refractivity contribution in [3.05, 3.63) is 23.3 Å². The third-order valence-electron chi connectivity index (χ3n) is 7.92. The fourth-order valence-corrected chi connectivity index (χ4v) is 6.73. The summed E-state index contributed by atoms with van der Waals surface area (Å²) < 4.78 is 12.4. The number of alkyl halides is 1. The molecule has 2 saturated carbocycles. The number of ether oxygens (including phenoxy) is 2. The number of carbonyl (C=O) groups is 2. The Bertz CT molecular complexity index is 930. The lowest BCUT2D eigenvalue weighted by molar-refractivity contribution is -0.214. The zero-order chi connectivity index (χ0) is 20.0. The zero-order valence-corrected chi connectivity index (χ0v) is 16.9. The number of benzene rings is 1. The van der Waals surface area contributed by atoms with Crippen molar-refractivity contribution in [1.82, 2.24) is 4.90 Å². The number of ketones is 1. The van der Waals surface area contributed by atoms with Crippen LogP contribution in [0, 0.1) is 5.92 Å². The molecule has 2 heterocycles. The zero-order valence-electron chi connectivity index (χ0n) is 16.2. The molecule has 2 aliphatic heterocycles. The van der Waals surface area contributed by atoms with E-state index in [0.29, 0.717) is 30.9 Å². The average molecular weight is 418 g/mol. The topological polar surface area (TPSA) is 76.1 Å². The first-order valence-electron chi connectivity index (χ1n) is 10.6. The van der Waals surface area contributed by atoms with Crippen molar-refractivity contribution >= 4 is 23.4 Å². The van der Waals surface area contributed by atoms with Gasteiger partial charge in [-0.3, -0.25) is 14.5 Å². The predicted molar refractivity (Wildman–Crippen MR) is 104 cm³/mol. The van der Waals surface area contributed by atoms with E-state index in [0.717, 1.165) is 30.6 Å². The van der Waals surface area contributed by atoms with Gasteiger partial charge in [-0.1, -0.05) is 6.07 Å². The molecule has 3 fully saturated rings. The van der Waals surface area contributed by atoms with Gasteiger partial charge < -0.3 is 14.6 Å². The minimum Gasteiger partial charge on any atom is -0.504 e. The first kappa shape index (κ1) is 18.0. The van der Waals surface area contributed by atoms with Gasteiger partial charge in [-0.15, -0.1) is 11.6 Å². The second kappa shape index (κ2) is 5.88. The van der Waals surface area contributed by atoms with Crippen LogP contribution in [0.15, 0.2) is 12.1 Å². The Morgan fingerprint density at radius 3 is 2.93 bits per heavy atom. The molecule has 0 aromatic heterocycles. The van der Waals surface area contributed by atoms with Gasteiger partial charge in [-0.2, -0.15) is 0 Å². The smallest absolute Gasteiger partial charge is 0.321 e. The van der Waals surface area contributed by atoms with E-state index in [1.165, 1.54) is 12.8 Å². The summed E-state index contributed by atoms with van der Waals surface area (Å²) in [5.41, 5.74) is 0.394. The van der Waals surface area contributed by atoms with Crippen LogP contribution in [0.5, 0.6) is 11.5 Å². The van der Waals surface area contributed by atoms with Gasteiger partial charge in [-0.05, 0) is 56.2 Å². The molecule has 6 rings (SSSR count). The molecule has 2 bridgehead atoms. The highest BCUT2D eigenvalue weighted by Crippen LogP contribution is 2.66. The highest BCUT2D eigenvalue weighted by molar-refractivity contribution is 6.26. The molecule has 7 heteroatoms. The number of hydrogen-bond donors (Lipinski definition) is 1. The molecule has 1 spiro atoms. The van der Waals surface area contributed by atoms with Gasteiger partial charge in [0.05, 0.1) is 11.5 Å². The summed E-state index contributed by atoms with van der Waals surface area (Å²) in [4.78, 5) is 28.0. The van der Waals surface area contributed by atoms with Gasteiger partial charge in [0.25, 0.3) is 0 Å². The fourth-order valence-electron chi connectivity index (χ4n) is 6.67. The Labute approximate surface area is 174 Å². The molecule has 0 radical (unpaired) electrons. The number of carbonyl (C=O) groups excluding carboxylic acids is 2. The van der Waals surface area contributed by atoms with Gasteiger partial charge >= 0.3 is 5.97 Å². The number of esters is 1. The van der Waals surface area contributed by atoms with Gasteiger partial charge in [0.1, 0.15) is 11.5 Å². The SMILES string of the molecule is O=C(CCl)O[C@@]12CCC(=O)[C@@H]3Oc4c(O)ccc5c4[C@@]31CCN(CC1CC1)[C@@H]2C5. The van der Waals surface area contributed by atoms with Crippen LogP contribution in [0.2, 0.25) is 0 Å². The first-order chi connectivity index (χ1) is 14.0. The normalized spacial score (nSPS) is 37.1. The van der Waals surface area contributed by atoms with E-state index >= 15 is 0 Å². The monoisotopic (exact) mass is 417 g/mol. The molecule has 0 amide bonds. The Kier molecular flexibility index (Phi) is 3.66. The van der Waals surface area contributed by atoms with Crippen molar-refractivity contribution in [2.45, 2.75) is 61.7 Å². The van der Waals surface area contributed by atoms with Crippen LogP contribution in [-0.4, -0.2) is 58.5 Å². The average Bonchev–Trinajstić information content (AvgIpc) is 3.45. The van der Waals surface area contributed by atoms with Crippen molar-refractivity contribution in [2.24, 2.45) is 5.92 Å². The van der Waals surface area contributed by atoms with Crippen LogP contribution in [0.25, 0.3) is 0 Å². The van der Waals surface area contributed by atoms with Crippen LogP contribution < -0.4 is 4.74 Å². The molecule has 1 saturated heterocycles. The van der Waals surface area contributed by atoms with Crippen molar-refractivity contribution in [3.63, 3.8) is 0 Å². The summed E-state index contributed by atoms with van der Waals surface area (Å²) in [5, 5.41) is 10.5. The lowest BCUT2D eigenvalue weighted by Crippen LogP contribution is -2.77. The van der Waals surface area contributed by atoms with E-state index in [4.69, 9.17) is 21.1 Å². The maximum Gasteiger partial charge on any atom is 0.321 e. The van der Waals surface area contributed by atoms with E-state index in [1.54, 1.807) is 6.07 Å². The third kappa shape index (κ3) is 2.17. The summed E-state index contributed by atoms with van der Waals surface area (Å²) in [6.07, 6.45) is 3.97. The summed E-state index contributed by atoms with van der Waals surface area (Å²) in [7, 11) is 0. The van der Waals surface area contributed by atoms with Gasteiger partial charge in [0, 0.05) is 18.5 Å². The van der Waals surface area contributed by atoms with Gasteiger partial charge in [0.2, 0.25) is 0 Å². The van der Waals surface area contributed by atoms with Gasteiger partial charge in [0.15, 0.2) is 23.4 Å². The van der Waals surface area contributed by atoms with E-state index in [9.17, 15) is 14.7 Å². The second-order valence-corrected chi connectivity index (χ2v) is 9.56. The lowest BCUT2D eigenvalue weighted by Gasteiger charge is -2.63. The van der Waals surface area contributed by atoms with Crippen LogP contribution >= 0.6 is 11.6 Å². The number of phenols is 1. The predicted octanol–water partition coefficient (Wildman–Crippen LogP) is 2.32. The first-order valence-corrected chi connectivity index (χ1v) is 11.1. The molecule has 0 unspecified atom stereocenters. The molecular weight excluding hydrogens is 394 g/mol. The van der Waals surface area contributed by atoms with Crippen LogP contribution in [0.4, 0.5) is 0 Å². The number of piperidine rings is 1. The molecule has 4 atom stereocenters. The number of halogens is 1. The number of aromatic hydroxyl groups is 1. The van der Waals surface area contributed by atoms with Crippen molar-refractivity contribution in [3.8, 4) is 11.5 Å². The van der Waals surface area contributed by atoms with E-state index in [1.807, 2.05) is 6.07 Å². The van der Waals surface area contributed by atoms with Crippen LogP contribution in [0.3, 0.4) is 0 Å². The number of phenolic OH excluding ortho intramolecular Hbond substituents is 1. The number of nitrogens with zero attached hydrogens (tertiary/aromatic N) is 1. The Morgan fingerprint density at radius 1 is 1.34 bits per heavy atom. The minimum absolute atomic E-state index is 0.00814. The van der Waals surface area contributed by atoms with Crippen molar-refractivity contribution in [2.75, 3.05) is 19.0 Å². The largest absolute Gasteiger partial charge is 0.504 e. The molecule has 3 aliphatic carbocycles. The summed E-state index contributed by atoms with van der Waals surface area (Å²) >= 11 is 5.86. The van der Waals surface area contributed by atoms with E-state index in [2.05, 4.69) is 4.90 Å². The molecule has 1 N–H and O–H groups in total. The Hall–Kier alpha value is -1.79. The highest BCUT2D eigenvalue weighted by Gasteiger charge is 2.75. The molecule has 6 nitrogen and oxygen atoms in total. The van der Waals surface area contributed by atoms with Crippen molar-refractivity contribution < 1.29 is 24.2 Å². The number of rotatable bonds is 4. The molecule has 29 heavy (non-hydrogen) atoms. The molecule has 5 aliphatic rings. The quantitative estimate of drug-likeness (QED) is 0.598. The Balaban J connectivity index is 1.59. The molecule has 1 aromatic rings. The minimum atomic E-state index is -0.850. The van der Waals surface area contributed by atoms with Crippen LogP contribution in [-0.2, 0) is 26.2 Å². The number of hydrogen-bond acceptors (Lipinski definition) is 6. The molecule has 154 valence electrons. The van der Waals surface area contributed by atoms with E-state index < -0.39 is 23.1 Å². The fraction of sp³-hybridized carbons (Fsp3) is 0.636.